The van der Waals surface area contributed by atoms with Crippen molar-refractivity contribution >= 4 is 39.9 Å². The zero-order valence-electron chi connectivity index (χ0n) is 16.5. The van der Waals surface area contributed by atoms with Gasteiger partial charge in [-0.2, -0.15) is 5.10 Å². The molecule has 5 rings (SSSR count). The maximum atomic E-state index is 13.3. The van der Waals surface area contributed by atoms with Crippen molar-refractivity contribution in [1.29, 1.82) is 0 Å². The number of pyridine rings is 1. The van der Waals surface area contributed by atoms with Gasteiger partial charge in [-0.3, -0.25) is 9.36 Å². The fourth-order valence-electron chi connectivity index (χ4n) is 3.65. The van der Waals surface area contributed by atoms with E-state index >= 15 is 0 Å². The first-order valence-electron chi connectivity index (χ1n) is 9.35. The number of hydrogen-bond donors (Lipinski definition) is 0. The summed E-state index contributed by atoms with van der Waals surface area (Å²) >= 11 is 12.2. The third-order valence-corrected chi connectivity index (χ3v) is 5.57. The van der Waals surface area contributed by atoms with E-state index in [1.165, 1.54) is 11.7 Å². The zero-order chi connectivity index (χ0) is 21.7. The molecule has 7 nitrogen and oxygen atoms in total. The van der Waals surface area contributed by atoms with Crippen LogP contribution >= 0.6 is 23.2 Å². The van der Waals surface area contributed by atoms with Gasteiger partial charge < -0.3 is 4.74 Å². The van der Waals surface area contributed by atoms with Crippen LogP contribution in [0, 0.1) is 6.92 Å². The number of methoxy groups -OCH3 is 1. The van der Waals surface area contributed by atoms with Crippen LogP contribution in [0.4, 0.5) is 0 Å². The normalized spacial score (nSPS) is 11.4. The maximum absolute atomic E-state index is 13.3. The average molecular weight is 452 g/mol. The second kappa shape index (κ2) is 7.37. The number of ether oxygens (including phenoxy) is 1. The van der Waals surface area contributed by atoms with Gasteiger partial charge in [0.2, 0.25) is 0 Å². The van der Waals surface area contributed by atoms with Gasteiger partial charge in [-0.05, 0) is 48.9 Å². The number of rotatable bonds is 3. The minimum atomic E-state index is -0.353. The van der Waals surface area contributed by atoms with E-state index in [9.17, 15) is 4.79 Å². The van der Waals surface area contributed by atoms with Crippen LogP contribution in [0.25, 0.3) is 33.5 Å². The summed E-state index contributed by atoms with van der Waals surface area (Å²) in [5, 5.41) is 14.3. The SMILES string of the molecule is COc1ccc(Cl)cc1-n1ccc2c(nnc3c(-c4ccc(Cl)cc4)c(C)nn32)c1=O. The summed E-state index contributed by atoms with van der Waals surface area (Å²) in [5.41, 5.74) is 3.98. The van der Waals surface area contributed by atoms with Gasteiger partial charge in [-0.15, -0.1) is 10.2 Å². The van der Waals surface area contributed by atoms with E-state index in [0.717, 1.165) is 16.8 Å². The van der Waals surface area contributed by atoms with Crippen molar-refractivity contribution in [3.8, 4) is 22.6 Å². The zero-order valence-corrected chi connectivity index (χ0v) is 18.0. The molecular formula is C22H15Cl2N5O2. The lowest BCUT2D eigenvalue weighted by atomic mass is 10.1. The van der Waals surface area contributed by atoms with Crippen LogP contribution in [0.5, 0.6) is 5.75 Å². The minimum absolute atomic E-state index is 0.183. The smallest absolute Gasteiger partial charge is 0.285 e. The van der Waals surface area contributed by atoms with Crippen molar-refractivity contribution in [3.05, 3.63) is 80.8 Å². The molecule has 0 saturated heterocycles. The molecule has 2 aromatic carbocycles. The molecule has 0 amide bonds. The quantitative estimate of drug-likeness (QED) is 0.396. The van der Waals surface area contributed by atoms with Crippen LogP contribution in [0.15, 0.2) is 59.5 Å². The lowest BCUT2D eigenvalue weighted by molar-refractivity contribution is 0.412. The second-order valence-electron chi connectivity index (χ2n) is 6.94. The number of fused-ring (bicyclic) bond motifs is 3. The highest BCUT2D eigenvalue weighted by Crippen LogP contribution is 2.30. The lowest BCUT2D eigenvalue weighted by Crippen LogP contribution is -2.20. The van der Waals surface area contributed by atoms with Crippen molar-refractivity contribution in [2.45, 2.75) is 6.92 Å². The standard InChI is InChI=1S/C22H15Cl2N5O2/c1-12-19(13-3-5-14(23)6-4-13)21-26-25-20-16(29(21)27-12)9-10-28(22(20)30)17-11-15(24)7-8-18(17)31-2/h3-11H,1-2H3. The first kappa shape index (κ1) is 19.5. The van der Waals surface area contributed by atoms with Crippen LogP contribution in [0.1, 0.15) is 5.69 Å². The first-order valence-corrected chi connectivity index (χ1v) is 10.1. The Bertz CT molecular complexity index is 1520. The average Bonchev–Trinajstić information content (AvgIpc) is 3.11. The molecule has 0 radical (unpaired) electrons. The fraction of sp³-hybridized carbons (Fsp3) is 0.0909. The molecule has 0 atom stereocenters. The number of halogens is 2. The molecule has 0 fully saturated rings. The molecule has 0 aliphatic carbocycles. The summed E-state index contributed by atoms with van der Waals surface area (Å²) in [6.45, 7) is 1.89. The molecule has 5 aromatic rings. The van der Waals surface area contributed by atoms with Crippen LogP contribution in [0.2, 0.25) is 10.0 Å². The highest BCUT2D eigenvalue weighted by molar-refractivity contribution is 6.31. The van der Waals surface area contributed by atoms with E-state index in [0.29, 0.717) is 32.6 Å². The molecule has 154 valence electrons. The first-order chi connectivity index (χ1) is 15.0. The Morgan fingerprint density at radius 1 is 0.968 bits per heavy atom. The number of nitrogens with zero attached hydrogens (tertiary/aromatic N) is 5. The number of benzene rings is 2. The number of hydrogen-bond acceptors (Lipinski definition) is 5. The Morgan fingerprint density at radius 2 is 1.71 bits per heavy atom. The van der Waals surface area contributed by atoms with E-state index in [4.69, 9.17) is 27.9 Å². The van der Waals surface area contributed by atoms with Gasteiger partial charge in [-0.1, -0.05) is 35.3 Å². The molecule has 0 aliphatic heterocycles. The number of aryl methyl sites for hydroxylation is 1. The van der Waals surface area contributed by atoms with Crippen molar-refractivity contribution in [3.63, 3.8) is 0 Å². The molecular weight excluding hydrogens is 437 g/mol. The van der Waals surface area contributed by atoms with Crippen LogP contribution in [0.3, 0.4) is 0 Å². The summed E-state index contributed by atoms with van der Waals surface area (Å²) in [7, 11) is 1.53. The van der Waals surface area contributed by atoms with Crippen molar-refractivity contribution < 1.29 is 4.74 Å². The summed E-state index contributed by atoms with van der Waals surface area (Å²) in [5.74, 6) is 0.514. The van der Waals surface area contributed by atoms with E-state index in [-0.39, 0.29) is 11.1 Å². The second-order valence-corrected chi connectivity index (χ2v) is 7.82. The van der Waals surface area contributed by atoms with E-state index < -0.39 is 0 Å². The summed E-state index contributed by atoms with van der Waals surface area (Å²) in [4.78, 5) is 13.3. The van der Waals surface area contributed by atoms with Gasteiger partial charge in [0.05, 0.1) is 24.1 Å². The Hall–Kier alpha value is -3.42. The largest absolute Gasteiger partial charge is 0.495 e. The molecule has 0 saturated carbocycles. The fourth-order valence-corrected chi connectivity index (χ4v) is 3.94. The van der Waals surface area contributed by atoms with E-state index in [1.807, 2.05) is 31.2 Å². The van der Waals surface area contributed by atoms with Gasteiger partial charge >= 0.3 is 0 Å². The third kappa shape index (κ3) is 3.13. The highest BCUT2D eigenvalue weighted by atomic mass is 35.5. The van der Waals surface area contributed by atoms with E-state index in [2.05, 4.69) is 15.3 Å². The highest BCUT2D eigenvalue weighted by Gasteiger charge is 2.18. The topological polar surface area (TPSA) is 74.3 Å². The Morgan fingerprint density at radius 3 is 2.45 bits per heavy atom. The predicted octanol–water partition coefficient (Wildman–Crippen LogP) is 4.72. The lowest BCUT2D eigenvalue weighted by Gasteiger charge is -2.12. The van der Waals surface area contributed by atoms with Gasteiger partial charge in [0.25, 0.3) is 5.56 Å². The van der Waals surface area contributed by atoms with Gasteiger partial charge in [0.1, 0.15) is 11.3 Å². The molecule has 3 aromatic heterocycles. The minimum Gasteiger partial charge on any atom is -0.495 e. The van der Waals surface area contributed by atoms with Gasteiger partial charge in [-0.25, -0.2) is 4.52 Å². The maximum Gasteiger partial charge on any atom is 0.285 e. The number of aromatic nitrogens is 5. The Balaban J connectivity index is 1.76. The van der Waals surface area contributed by atoms with Crippen LogP contribution in [-0.4, -0.2) is 31.5 Å². The van der Waals surface area contributed by atoms with Crippen LogP contribution in [-0.2, 0) is 0 Å². The molecule has 9 heteroatoms. The van der Waals surface area contributed by atoms with Crippen LogP contribution < -0.4 is 10.3 Å². The summed E-state index contributed by atoms with van der Waals surface area (Å²) in [6, 6.07) is 14.3. The van der Waals surface area contributed by atoms with Crippen molar-refractivity contribution in [2.75, 3.05) is 7.11 Å². The van der Waals surface area contributed by atoms with Gasteiger partial charge in [0, 0.05) is 16.2 Å². The molecule has 0 spiro atoms. The predicted molar refractivity (Wildman–Crippen MR) is 121 cm³/mol. The molecule has 3 heterocycles. The van der Waals surface area contributed by atoms with E-state index in [1.54, 1.807) is 35.0 Å². The Kier molecular flexibility index (Phi) is 4.64. The molecule has 31 heavy (non-hydrogen) atoms. The van der Waals surface area contributed by atoms with Gasteiger partial charge in [0.15, 0.2) is 11.2 Å². The summed E-state index contributed by atoms with van der Waals surface area (Å²) < 4.78 is 8.46. The molecule has 0 unspecified atom stereocenters. The monoisotopic (exact) mass is 451 g/mol. The molecule has 0 bridgehead atoms. The molecule has 0 N–H and O–H groups in total. The third-order valence-electron chi connectivity index (χ3n) is 5.09. The summed E-state index contributed by atoms with van der Waals surface area (Å²) in [6.07, 6.45) is 1.65. The van der Waals surface area contributed by atoms with Crippen molar-refractivity contribution in [2.24, 2.45) is 0 Å². The molecule has 0 aliphatic rings. The van der Waals surface area contributed by atoms with Crippen molar-refractivity contribution in [1.82, 2.24) is 24.4 Å². The Labute approximate surface area is 186 Å².